The average molecular weight is 472 g/mol. The number of hydrogen-bond donors (Lipinski definition) is 0. The van der Waals surface area contributed by atoms with Crippen molar-refractivity contribution in [3.8, 4) is 40.0 Å². The van der Waals surface area contributed by atoms with Crippen LogP contribution in [0.5, 0.6) is 11.5 Å². The molecule has 0 aliphatic heterocycles. The van der Waals surface area contributed by atoms with Gasteiger partial charge in [-0.1, -0.05) is 47.3 Å². The van der Waals surface area contributed by atoms with Crippen LogP contribution in [0.4, 0.5) is 0 Å². The van der Waals surface area contributed by atoms with Gasteiger partial charge in [-0.15, -0.1) is 10.2 Å². The van der Waals surface area contributed by atoms with Gasteiger partial charge in [0, 0.05) is 11.3 Å². The van der Waals surface area contributed by atoms with Gasteiger partial charge in [0.25, 0.3) is 0 Å². The third-order valence-corrected chi connectivity index (χ3v) is 6.05. The number of thioether (sulfide) groups is 1. The van der Waals surface area contributed by atoms with Crippen LogP contribution in [0.15, 0.2) is 88.5 Å². The van der Waals surface area contributed by atoms with E-state index in [1.165, 1.54) is 11.8 Å². The van der Waals surface area contributed by atoms with Crippen LogP contribution in [0.25, 0.3) is 28.5 Å². The van der Waals surface area contributed by atoms with Gasteiger partial charge in [0.05, 0.1) is 25.5 Å². The predicted molar refractivity (Wildman–Crippen MR) is 129 cm³/mol. The van der Waals surface area contributed by atoms with Crippen molar-refractivity contribution in [1.29, 1.82) is 0 Å². The van der Waals surface area contributed by atoms with Crippen LogP contribution >= 0.6 is 11.8 Å². The van der Waals surface area contributed by atoms with Crippen LogP contribution in [0.3, 0.4) is 0 Å². The van der Waals surface area contributed by atoms with Crippen molar-refractivity contribution in [2.45, 2.75) is 10.9 Å². The topological polar surface area (TPSA) is 88.1 Å². The zero-order valence-electron chi connectivity index (χ0n) is 18.6. The summed E-state index contributed by atoms with van der Waals surface area (Å²) in [6.45, 7) is 0. The van der Waals surface area contributed by atoms with E-state index >= 15 is 0 Å². The van der Waals surface area contributed by atoms with Crippen LogP contribution in [0, 0.1) is 0 Å². The summed E-state index contributed by atoms with van der Waals surface area (Å²) in [6, 6.07) is 25.3. The van der Waals surface area contributed by atoms with Crippen LogP contribution in [0.2, 0.25) is 0 Å². The van der Waals surface area contributed by atoms with E-state index in [1.807, 2.05) is 83.4 Å². The Bertz CT molecular complexity index is 1380. The molecular weight excluding hydrogens is 450 g/mol. The van der Waals surface area contributed by atoms with Gasteiger partial charge in [0.2, 0.25) is 11.7 Å². The highest BCUT2D eigenvalue weighted by Crippen LogP contribution is 2.31. The van der Waals surface area contributed by atoms with Gasteiger partial charge in [-0.3, -0.25) is 4.57 Å². The van der Waals surface area contributed by atoms with Crippen molar-refractivity contribution in [2.75, 3.05) is 14.2 Å². The van der Waals surface area contributed by atoms with Gasteiger partial charge < -0.3 is 14.0 Å². The van der Waals surface area contributed by atoms with E-state index in [0.717, 1.165) is 28.4 Å². The van der Waals surface area contributed by atoms with Gasteiger partial charge in [0.15, 0.2) is 11.0 Å². The van der Waals surface area contributed by atoms with E-state index in [4.69, 9.17) is 14.0 Å². The second-order valence-corrected chi connectivity index (χ2v) is 8.15. The molecule has 8 nitrogen and oxygen atoms in total. The molecule has 5 aromatic rings. The highest BCUT2D eigenvalue weighted by molar-refractivity contribution is 7.98. The molecule has 34 heavy (non-hydrogen) atoms. The second kappa shape index (κ2) is 9.80. The molecule has 0 spiro atoms. The summed E-state index contributed by atoms with van der Waals surface area (Å²) < 4.78 is 18.2. The fourth-order valence-corrected chi connectivity index (χ4v) is 4.27. The zero-order valence-corrected chi connectivity index (χ0v) is 19.4. The summed E-state index contributed by atoms with van der Waals surface area (Å²) in [7, 11) is 3.26. The highest BCUT2D eigenvalue weighted by atomic mass is 32.2. The molecule has 170 valence electrons. The van der Waals surface area contributed by atoms with E-state index in [9.17, 15) is 0 Å². The Hall–Kier alpha value is -4.11. The Morgan fingerprint density at radius 1 is 0.853 bits per heavy atom. The van der Waals surface area contributed by atoms with Gasteiger partial charge in [0.1, 0.15) is 11.5 Å². The molecule has 3 aromatic carbocycles. The maximum Gasteiger partial charge on any atom is 0.237 e. The Labute approximate surface area is 200 Å². The smallest absolute Gasteiger partial charge is 0.237 e. The lowest BCUT2D eigenvalue weighted by Gasteiger charge is -2.10. The summed E-state index contributed by atoms with van der Waals surface area (Å²) in [5, 5.41) is 13.8. The van der Waals surface area contributed by atoms with Crippen molar-refractivity contribution < 1.29 is 14.0 Å². The van der Waals surface area contributed by atoms with Gasteiger partial charge in [-0.05, 0) is 48.5 Å². The Balaban J connectivity index is 1.43. The first kappa shape index (κ1) is 21.7. The third-order valence-electron chi connectivity index (χ3n) is 5.14. The molecule has 0 aliphatic carbocycles. The standard InChI is InChI=1S/C25H21N5O3S/c1-31-19-14-12-17(13-15-19)24-27-28-25(30(24)18-8-4-3-5-9-18)34-16-22-26-23(29-33-22)20-10-6-7-11-21(20)32-2/h3-15H,16H2,1-2H3. The molecule has 0 saturated carbocycles. The molecule has 2 aromatic heterocycles. The largest absolute Gasteiger partial charge is 0.497 e. The summed E-state index contributed by atoms with van der Waals surface area (Å²) in [5.41, 5.74) is 2.67. The summed E-state index contributed by atoms with van der Waals surface area (Å²) in [6.07, 6.45) is 0. The number of methoxy groups -OCH3 is 2. The second-order valence-electron chi connectivity index (χ2n) is 7.21. The summed E-state index contributed by atoms with van der Waals surface area (Å²) in [4.78, 5) is 4.54. The van der Waals surface area contributed by atoms with Gasteiger partial charge in [-0.25, -0.2) is 0 Å². The SMILES string of the molecule is COc1ccc(-c2nnc(SCc3nc(-c4ccccc4OC)no3)n2-c2ccccc2)cc1. The average Bonchev–Trinajstić information content (AvgIpc) is 3.55. The molecule has 0 radical (unpaired) electrons. The predicted octanol–water partition coefficient (Wildman–Crippen LogP) is 5.29. The van der Waals surface area contributed by atoms with Crippen LogP contribution in [0.1, 0.15) is 5.89 Å². The number of aromatic nitrogens is 5. The minimum Gasteiger partial charge on any atom is -0.497 e. The lowest BCUT2D eigenvalue weighted by molar-refractivity contribution is 0.390. The number of hydrogen-bond acceptors (Lipinski definition) is 8. The minimum absolute atomic E-state index is 0.440. The molecule has 0 saturated heterocycles. The lowest BCUT2D eigenvalue weighted by atomic mass is 10.2. The third kappa shape index (κ3) is 4.38. The Kier molecular flexibility index (Phi) is 6.26. The van der Waals surface area contributed by atoms with Crippen molar-refractivity contribution in [3.05, 3.63) is 84.8 Å². The van der Waals surface area contributed by atoms with E-state index in [1.54, 1.807) is 14.2 Å². The number of nitrogens with zero attached hydrogens (tertiary/aromatic N) is 5. The van der Waals surface area contributed by atoms with Crippen molar-refractivity contribution in [1.82, 2.24) is 24.9 Å². The molecule has 2 heterocycles. The van der Waals surface area contributed by atoms with Crippen LogP contribution in [-0.2, 0) is 5.75 Å². The van der Waals surface area contributed by atoms with Crippen molar-refractivity contribution in [2.24, 2.45) is 0 Å². The quantitative estimate of drug-likeness (QED) is 0.282. The minimum atomic E-state index is 0.440. The molecule has 5 rings (SSSR count). The molecule has 0 amide bonds. The number of para-hydroxylation sites is 2. The summed E-state index contributed by atoms with van der Waals surface area (Å²) >= 11 is 1.47. The van der Waals surface area contributed by atoms with E-state index in [2.05, 4.69) is 20.3 Å². The van der Waals surface area contributed by atoms with E-state index < -0.39 is 0 Å². The molecular formula is C25H21N5O3S. The first-order valence-electron chi connectivity index (χ1n) is 10.5. The summed E-state index contributed by atoms with van der Waals surface area (Å²) in [5.74, 6) is 3.62. The molecule has 0 aliphatic rings. The van der Waals surface area contributed by atoms with Gasteiger partial charge in [-0.2, -0.15) is 4.98 Å². The maximum absolute atomic E-state index is 5.49. The Morgan fingerprint density at radius 3 is 2.38 bits per heavy atom. The molecule has 0 N–H and O–H groups in total. The van der Waals surface area contributed by atoms with Crippen LogP contribution in [-0.4, -0.2) is 39.1 Å². The zero-order chi connectivity index (χ0) is 23.3. The monoisotopic (exact) mass is 471 g/mol. The fraction of sp³-hybridized carbons (Fsp3) is 0.120. The van der Waals surface area contributed by atoms with E-state index in [-0.39, 0.29) is 0 Å². The number of benzene rings is 3. The normalized spacial score (nSPS) is 10.9. The van der Waals surface area contributed by atoms with E-state index in [0.29, 0.717) is 28.4 Å². The number of ether oxygens (including phenoxy) is 2. The van der Waals surface area contributed by atoms with Crippen molar-refractivity contribution >= 4 is 11.8 Å². The van der Waals surface area contributed by atoms with Crippen molar-refractivity contribution in [3.63, 3.8) is 0 Å². The highest BCUT2D eigenvalue weighted by Gasteiger charge is 2.18. The molecule has 0 unspecified atom stereocenters. The fourth-order valence-electron chi connectivity index (χ4n) is 3.48. The first-order valence-corrected chi connectivity index (χ1v) is 11.5. The first-order chi connectivity index (χ1) is 16.8. The molecule has 0 atom stereocenters. The Morgan fingerprint density at radius 2 is 1.62 bits per heavy atom. The maximum atomic E-state index is 5.49. The molecule has 0 fully saturated rings. The number of rotatable bonds is 8. The van der Waals surface area contributed by atoms with Crippen LogP contribution < -0.4 is 9.47 Å². The molecule has 0 bridgehead atoms. The van der Waals surface area contributed by atoms with Gasteiger partial charge >= 0.3 is 0 Å². The lowest BCUT2D eigenvalue weighted by Crippen LogP contribution is -1.99. The molecule has 9 heteroatoms.